The van der Waals surface area contributed by atoms with Crippen LogP contribution in [-0.4, -0.2) is 43.3 Å². The summed E-state index contributed by atoms with van der Waals surface area (Å²) in [6, 6.07) is 13.3. The van der Waals surface area contributed by atoms with Crippen LogP contribution in [0.2, 0.25) is 5.02 Å². The highest BCUT2D eigenvalue weighted by Gasteiger charge is 2.38. The van der Waals surface area contributed by atoms with E-state index in [0.717, 1.165) is 6.42 Å². The maximum absolute atomic E-state index is 12.7. The second-order valence-corrected chi connectivity index (χ2v) is 10.4. The Morgan fingerprint density at radius 2 is 1.83 bits per heavy atom. The number of aryl methyl sites for hydroxylation is 1. The van der Waals surface area contributed by atoms with E-state index in [4.69, 9.17) is 11.6 Å². The summed E-state index contributed by atoms with van der Waals surface area (Å²) in [5.41, 5.74) is 1.33. The van der Waals surface area contributed by atoms with Crippen molar-refractivity contribution in [2.24, 2.45) is 0 Å². The smallest absolute Gasteiger partial charge is 0.241 e. The van der Waals surface area contributed by atoms with E-state index < -0.39 is 26.5 Å². The summed E-state index contributed by atoms with van der Waals surface area (Å²) in [7, 11) is -3.85. The van der Waals surface area contributed by atoms with Crippen molar-refractivity contribution < 1.29 is 18.0 Å². The molecule has 30 heavy (non-hydrogen) atoms. The number of thioether (sulfide) groups is 1. The fourth-order valence-electron chi connectivity index (χ4n) is 2.90. The number of carbonyl (C=O) groups is 2. The average Bonchev–Trinajstić information content (AvgIpc) is 2.73. The van der Waals surface area contributed by atoms with Gasteiger partial charge in [-0.25, -0.2) is 8.42 Å². The third-order valence-electron chi connectivity index (χ3n) is 4.60. The zero-order valence-electron chi connectivity index (χ0n) is 16.2. The summed E-state index contributed by atoms with van der Waals surface area (Å²) in [5, 5.41) is 7.54. The number of amides is 2. The lowest BCUT2D eigenvalue weighted by Gasteiger charge is -2.29. The topological polar surface area (TPSA) is 104 Å². The summed E-state index contributed by atoms with van der Waals surface area (Å²) in [6.07, 6.45) is 0.922. The maximum Gasteiger partial charge on any atom is 0.241 e. The molecule has 0 radical (unpaired) electrons. The first-order chi connectivity index (χ1) is 14.3. The van der Waals surface area contributed by atoms with Crippen molar-refractivity contribution in [3.8, 4) is 0 Å². The van der Waals surface area contributed by atoms with E-state index in [0.29, 0.717) is 10.7 Å². The van der Waals surface area contributed by atoms with Crippen LogP contribution in [0.15, 0.2) is 53.4 Å². The highest BCUT2D eigenvalue weighted by Crippen LogP contribution is 2.21. The fraction of sp³-hybridized carbons (Fsp3) is 0.300. The Kier molecular flexibility index (Phi) is 7.41. The van der Waals surface area contributed by atoms with Crippen molar-refractivity contribution >= 4 is 50.7 Å². The van der Waals surface area contributed by atoms with Crippen LogP contribution in [-0.2, 0) is 25.8 Å². The van der Waals surface area contributed by atoms with Gasteiger partial charge < -0.3 is 10.6 Å². The average molecular weight is 468 g/mol. The van der Waals surface area contributed by atoms with Gasteiger partial charge in [-0.05, 0) is 48.4 Å². The Balaban J connectivity index is 1.51. The van der Waals surface area contributed by atoms with Crippen molar-refractivity contribution in [3.05, 3.63) is 59.1 Å². The molecule has 3 rings (SSSR count). The molecule has 1 fully saturated rings. The molecule has 2 unspecified atom stereocenters. The molecule has 2 atom stereocenters. The van der Waals surface area contributed by atoms with Crippen LogP contribution >= 0.6 is 23.4 Å². The SMILES string of the molecule is CCc1ccc(NC(=O)CSC2NCC(S(=O)(=O)c3ccc(Cl)cc3)C(=O)N2)cc1. The molecule has 160 valence electrons. The van der Waals surface area contributed by atoms with Crippen LogP contribution in [0, 0.1) is 0 Å². The molecule has 1 aliphatic rings. The molecule has 0 spiro atoms. The standard InChI is InChI=1S/C20H22ClN3O4S2/c1-2-13-3-7-15(8-4-13)23-18(25)12-29-20-22-11-17(19(26)24-20)30(27,28)16-9-5-14(21)6-10-16/h3-10,17,20,22H,2,11-12H2,1H3,(H,23,25)(H,24,26). The molecule has 0 saturated carbocycles. The minimum Gasteiger partial charge on any atom is -0.331 e. The van der Waals surface area contributed by atoms with Crippen molar-refractivity contribution in [2.45, 2.75) is 29.0 Å². The molecule has 1 saturated heterocycles. The first kappa shape index (κ1) is 22.6. The van der Waals surface area contributed by atoms with Gasteiger partial charge >= 0.3 is 0 Å². The first-order valence-corrected chi connectivity index (χ1v) is 12.3. The second-order valence-electron chi connectivity index (χ2n) is 6.69. The number of halogens is 1. The molecule has 3 N–H and O–H groups in total. The fourth-order valence-corrected chi connectivity index (χ4v) is 5.34. The van der Waals surface area contributed by atoms with Gasteiger partial charge in [0.05, 0.1) is 10.6 Å². The number of carbonyl (C=O) groups excluding carboxylic acids is 2. The largest absolute Gasteiger partial charge is 0.331 e. The Morgan fingerprint density at radius 1 is 1.17 bits per heavy atom. The summed E-state index contributed by atoms with van der Waals surface area (Å²) in [5.74, 6) is -0.713. The van der Waals surface area contributed by atoms with Gasteiger partial charge in [0.25, 0.3) is 0 Å². The molecule has 0 bridgehead atoms. The molecular weight excluding hydrogens is 446 g/mol. The molecule has 1 aliphatic heterocycles. The number of sulfone groups is 1. The molecule has 10 heteroatoms. The van der Waals surface area contributed by atoms with Crippen LogP contribution in [0.5, 0.6) is 0 Å². The predicted molar refractivity (Wildman–Crippen MR) is 119 cm³/mol. The van der Waals surface area contributed by atoms with Gasteiger partial charge in [0.2, 0.25) is 11.8 Å². The van der Waals surface area contributed by atoms with Crippen molar-refractivity contribution in [1.82, 2.24) is 10.6 Å². The summed E-state index contributed by atoms with van der Waals surface area (Å²) >= 11 is 6.98. The van der Waals surface area contributed by atoms with E-state index >= 15 is 0 Å². The Morgan fingerprint density at radius 3 is 2.43 bits per heavy atom. The van der Waals surface area contributed by atoms with E-state index in [2.05, 4.69) is 22.9 Å². The van der Waals surface area contributed by atoms with Crippen molar-refractivity contribution in [3.63, 3.8) is 0 Å². The minimum atomic E-state index is -3.85. The Labute approximate surface area is 184 Å². The van der Waals surface area contributed by atoms with Crippen molar-refractivity contribution in [1.29, 1.82) is 0 Å². The first-order valence-electron chi connectivity index (χ1n) is 9.33. The van der Waals surface area contributed by atoms with Gasteiger partial charge in [-0.15, -0.1) is 11.8 Å². The van der Waals surface area contributed by atoms with E-state index in [9.17, 15) is 18.0 Å². The van der Waals surface area contributed by atoms with Crippen LogP contribution in [0.4, 0.5) is 5.69 Å². The lowest BCUT2D eigenvalue weighted by atomic mass is 10.1. The molecule has 7 nitrogen and oxygen atoms in total. The van der Waals surface area contributed by atoms with Crippen LogP contribution in [0.3, 0.4) is 0 Å². The number of rotatable bonds is 7. The number of anilines is 1. The zero-order chi connectivity index (χ0) is 21.7. The highest BCUT2D eigenvalue weighted by molar-refractivity contribution is 8.00. The van der Waals surface area contributed by atoms with Gasteiger partial charge in [0.1, 0.15) is 5.50 Å². The molecule has 2 amide bonds. The van der Waals surface area contributed by atoms with Gasteiger partial charge in [-0.2, -0.15) is 0 Å². The minimum absolute atomic E-state index is 0.0356. The van der Waals surface area contributed by atoms with E-state index in [-0.39, 0.29) is 23.1 Å². The third-order valence-corrected chi connectivity index (χ3v) is 7.96. The molecule has 0 aliphatic carbocycles. The lowest BCUT2D eigenvalue weighted by molar-refractivity contribution is -0.122. The quantitative estimate of drug-likeness (QED) is 0.577. The monoisotopic (exact) mass is 467 g/mol. The molecule has 2 aromatic carbocycles. The maximum atomic E-state index is 12.7. The lowest BCUT2D eigenvalue weighted by Crippen LogP contribution is -2.59. The van der Waals surface area contributed by atoms with Gasteiger partial charge in [0.15, 0.2) is 15.1 Å². The molecule has 2 aromatic rings. The highest BCUT2D eigenvalue weighted by atomic mass is 35.5. The van der Waals surface area contributed by atoms with E-state index in [1.54, 1.807) is 0 Å². The molecule has 0 aromatic heterocycles. The molecule has 1 heterocycles. The van der Waals surface area contributed by atoms with E-state index in [1.165, 1.54) is 41.6 Å². The summed E-state index contributed by atoms with van der Waals surface area (Å²) in [6.45, 7) is 2.01. The normalized spacial score (nSPS) is 19.2. The van der Waals surface area contributed by atoms with Crippen LogP contribution < -0.4 is 16.0 Å². The Hall–Kier alpha value is -2.07. The predicted octanol–water partition coefficient (Wildman–Crippen LogP) is 2.42. The zero-order valence-corrected chi connectivity index (χ0v) is 18.6. The van der Waals surface area contributed by atoms with Crippen LogP contribution in [0.25, 0.3) is 0 Å². The van der Waals surface area contributed by atoms with E-state index in [1.807, 2.05) is 24.3 Å². The van der Waals surface area contributed by atoms with Gasteiger partial charge in [-0.1, -0.05) is 30.7 Å². The summed E-state index contributed by atoms with van der Waals surface area (Å²) in [4.78, 5) is 24.6. The van der Waals surface area contributed by atoms with Crippen molar-refractivity contribution in [2.75, 3.05) is 17.6 Å². The Bertz CT molecular complexity index is 1010. The number of hydrogen-bond acceptors (Lipinski definition) is 6. The molecular formula is C20H22ClN3O4S2. The van der Waals surface area contributed by atoms with Crippen LogP contribution in [0.1, 0.15) is 12.5 Å². The van der Waals surface area contributed by atoms with Gasteiger partial charge in [-0.3, -0.25) is 14.9 Å². The second kappa shape index (κ2) is 9.82. The number of hydrogen-bond donors (Lipinski definition) is 3. The number of benzene rings is 2. The third kappa shape index (κ3) is 5.54. The summed E-state index contributed by atoms with van der Waals surface area (Å²) < 4.78 is 25.4. The van der Waals surface area contributed by atoms with Gasteiger partial charge in [0, 0.05) is 17.3 Å². The number of nitrogens with one attached hydrogen (secondary N) is 3.